The number of alkyl halides is 3. The lowest BCUT2D eigenvalue weighted by atomic mass is 10.2. The van der Waals surface area contributed by atoms with Crippen molar-refractivity contribution in [3.8, 4) is 0 Å². The van der Waals surface area contributed by atoms with Gasteiger partial charge < -0.3 is 10.6 Å². The van der Waals surface area contributed by atoms with Gasteiger partial charge in [-0.05, 0) is 19.1 Å². The van der Waals surface area contributed by atoms with Crippen LogP contribution in [-0.2, 0) is 6.18 Å². The molecule has 0 aliphatic carbocycles. The summed E-state index contributed by atoms with van der Waals surface area (Å²) in [4.78, 5) is 8.75. The van der Waals surface area contributed by atoms with E-state index < -0.39 is 17.8 Å². The molecule has 0 saturated heterocycles. The van der Waals surface area contributed by atoms with Crippen LogP contribution >= 0.6 is 0 Å². The number of nitrogens with zero attached hydrogens (tertiary/aromatic N) is 3. The van der Waals surface area contributed by atoms with Gasteiger partial charge in [-0.15, -0.1) is 0 Å². The van der Waals surface area contributed by atoms with E-state index >= 15 is 0 Å². The van der Waals surface area contributed by atoms with Crippen LogP contribution in [0, 0.1) is 0 Å². The maximum atomic E-state index is 12.8. The Morgan fingerprint density at radius 1 is 1.15 bits per heavy atom. The number of hydrogen-bond donors (Lipinski definition) is 1. The van der Waals surface area contributed by atoms with Crippen LogP contribution in [0.1, 0.15) is 12.6 Å². The average molecular weight is 282 g/mol. The molecule has 0 unspecified atom stereocenters. The van der Waals surface area contributed by atoms with Crippen molar-refractivity contribution >= 4 is 17.5 Å². The van der Waals surface area contributed by atoms with Gasteiger partial charge in [-0.1, -0.05) is 18.2 Å². The second kappa shape index (κ2) is 5.36. The van der Waals surface area contributed by atoms with Gasteiger partial charge in [-0.3, -0.25) is 0 Å². The minimum Gasteiger partial charge on any atom is -0.368 e. The van der Waals surface area contributed by atoms with Gasteiger partial charge in [0.2, 0.25) is 5.95 Å². The molecule has 1 heterocycles. The maximum Gasteiger partial charge on any atom is 0.433 e. The molecule has 2 rings (SSSR count). The molecule has 0 spiro atoms. The van der Waals surface area contributed by atoms with Crippen molar-refractivity contribution in [3.05, 3.63) is 42.1 Å². The van der Waals surface area contributed by atoms with E-state index in [1.54, 1.807) is 29.2 Å². The van der Waals surface area contributed by atoms with Crippen LogP contribution in [0.4, 0.5) is 30.6 Å². The predicted octanol–water partition coefficient (Wildman–Crippen LogP) is 3.24. The van der Waals surface area contributed by atoms with Crippen molar-refractivity contribution in [2.45, 2.75) is 13.1 Å². The van der Waals surface area contributed by atoms with Crippen LogP contribution in [0.25, 0.3) is 0 Å². The second-order valence-electron chi connectivity index (χ2n) is 4.05. The van der Waals surface area contributed by atoms with Crippen molar-refractivity contribution < 1.29 is 13.2 Å². The van der Waals surface area contributed by atoms with E-state index in [1.165, 1.54) is 0 Å². The van der Waals surface area contributed by atoms with E-state index in [1.807, 2.05) is 13.0 Å². The fourth-order valence-corrected chi connectivity index (χ4v) is 1.82. The molecular formula is C13H13F3N4. The SMILES string of the molecule is CCN(c1ccccc1)c1cc(C(F)(F)F)nc(N)n1. The van der Waals surface area contributed by atoms with E-state index in [2.05, 4.69) is 9.97 Å². The topological polar surface area (TPSA) is 55.0 Å². The average Bonchev–Trinajstić information content (AvgIpc) is 2.39. The number of aromatic nitrogens is 2. The first-order valence-electron chi connectivity index (χ1n) is 5.96. The molecule has 0 aliphatic rings. The summed E-state index contributed by atoms with van der Waals surface area (Å²) in [6, 6.07) is 9.89. The van der Waals surface area contributed by atoms with Crippen LogP contribution in [0.3, 0.4) is 0 Å². The number of hydrogen-bond acceptors (Lipinski definition) is 4. The smallest absolute Gasteiger partial charge is 0.368 e. The first-order chi connectivity index (χ1) is 9.41. The number of anilines is 3. The minimum absolute atomic E-state index is 0.124. The number of halogens is 3. The highest BCUT2D eigenvalue weighted by atomic mass is 19.4. The zero-order valence-electron chi connectivity index (χ0n) is 10.7. The fourth-order valence-electron chi connectivity index (χ4n) is 1.82. The number of nitrogens with two attached hydrogens (primary N) is 1. The number of rotatable bonds is 3. The lowest BCUT2D eigenvalue weighted by molar-refractivity contribution is -0.141. The van der Waals surface area contributed by atoms with Crippen molar-refractivity contribution in [2.24, 2.45) is 0 Å². The zero-order chi connectivity index (χ0) is 14.8. The quantitative estimate of drug-likeness (QED) is 0.939. The Labute approximate surface area is 114 Å². The van der Waals surface area contributed by atoms with Crippen LogP contribution in [0.2, 0.25) is 0 Å². The molecule has 0 saturated carbocycles. The van der Waals surface area contributed by atoms with Crippen LogP contribution in [0.15, 0.2) is 36.4 Å². The first kappa shape index (κ1) is 14.1. The standard InChI is InChI=1S/C13H13F3N4/c1-2-20(9-6-4-3-5-7-9)11-8-10(13(14,15)16)18-12(17)19-11/h3-8H,2H2,1H3,(H2,17,18,19). The largest absolute Gasteiger partial charge is 0.433 e. The molecule has 0 bridgehead atoms. The van der Waals surface area contributed by atoms with Gasteiger partial charge in [0.25, 0.3) is 0 Å². The lowest BCUT2D eigenvalue weighted by Gasteiger charge is -2.22. The summed E-state index contributed by atoms with van der Waals surface area (Å²) in [5, 5.41) is 0. The monoisotopic (exact) mass is 282 g/mol. The maximum absolute atomic E-state index is 12.8. The molecule has 0 aliphatic heterocycles. The van der Waals surface area contributed by atoms with Crippen LogP contribution < -0.4 is 10.6 Å². The third kappa shape index (κ3) is 2.98. The Morgan fingerprint density at radius 2 is 1.80 bits per heavy atom. The Hall–Kier alpha value is -2.31. The highest BCUT2D eigenvalue weighted by Crippen LogP contribution is 2.32. The van der Waals surface area contributed by atoms with Gasteiger partial charge in [0.1, 0.15) is 5.82 Å². The molecule has 106 valence electrons. The fraction of sp³-hybridized carbons (Fsp3) is 0.231. The summed E-state index contributed by atoms with van der Waals surface area (Å²) < 4.78 is 38.3. The van der Waals surface area contributed by atoms with Gasteiger partial charge in [-0.2, -0.15) is 18.2 Å². The molecule has 0 amide bonds. The summed E-state index contributed by atoms with van der Waals surface area (Å²) in [5.41, 5.74) is 5.07. The van der Waals surface area contributed by atoms with E-state index in [-0.39, 0.29) is 5.82 Å². The molecule has 0 atom stereocenters. The molecule has 1 aromatic heterocycles. The molecule has 7 heteroatoms. The summed E-state index contributed by atoms with van der Waals surface area (Å²) in [6.45, 7) is 2.27. The normalized spacial score (nSPS) is 11.4. The van der Waals surface area contributed by atoms with Crippen molar-refractivity contribution in [2.75, 3.05) is 17.2 Å². The second-order valence-corrected chi connectivity index (χ2v) is 4.05. The highest BCUT2D eigenvalue weighted by Gasteiger charge is 2.34. The number of benzene rings is 1. The van der Waals surface area contributed by atoms with Crippen molar-refractivity contribution in [3.63, 3.8) is 0 Å². The molecular weight excluding hydrogens is 269 g/mol. The van der Waals surface area contributed by atoms with Crippen molar-refractivity contribution in [1.29, 1.82) is 0 Å². The molecule has 0 fully saturated rings. The van der Waals surface area contributed by atoms with E-state index in [9.17, 15) is 13.2 Å². The Morgan fingerprint density at radius 3 is 2.35 bits per heavy atom. The molecule has 1 aromatic carbocycles. The summed E-state index contributed by atoms with van der Waals surface area (Å²) in [7, 11) is 0. The highest BCUT2D eigenvalue weighted by molar-refractivity contribution is 5.60. The van der Waals surface area contributed by atoms with Gasteiger partial charge in [-0.25, -0.2) is 4.98 Å². The molecule has 2 aromatic rings. The van der Waals surface area contributed by atoms with Crippen molar-refractivity contribution in [1.82, 2.24) is 9.97 Å². The van der Waals surface area contributed by atoms with Gasteiger partial charge in [0.15, 0.2) is 5.69 Å². The minimum atomic E-state index is -4.55. The van der Waals surface area contributed by atoms with E-state index in [4.69, 9.17) is 5.73 Å². The lowest BCUT2D eigenvalue weighted by Crippen LogP contribution is -2.20. The summed E-state index contributed by atoms with van der Waals surface area (Å²) >= 11 is 0. The Bertz CT molecular complexity index is 584. The first-order valence-corrected chi connectivity index (χ1v) is 5.96. The molecule has 4 nitrogen and oxygen atoms in total. The molecule has 2 N–H and O–H groups in total. The van der Waals surface area contributed by atoms with Gasteiger partial charge in [0.05, 0.1) is 0 Å². The van der Waals surface area contributed by atoms with E-state index in [0.29, 0.717) is 6.54 Å². The van der Waals surface area contributed by atoms with Crippen LogP contribution in [-0.4, -0.2) is 16.5 Å². The third-order valence-electron chi connectivity index (χ3n) is 2.68. The van der Waals surface area contributed by atoms with Gasteiger partial charge in [0, 0.05) is 18.3 Å². The number of para-hydroxylation sites is 1. The number of nitrogen functional groups attached to an aromatic ring is 1. The summed E-state index contributed by atoms with van der Waals surface area (Å²) in [5.74, 6) is -0.275. The predicted molar refractivity (Wildman–Crippen MR) is 70.6 cm³/mol. The van der Waals surface area contributed by atoms with Crippen LogP contribution in [0.5, 0.6) is 0 Å². The third-order valence-corrected chi connectivity index (χ3v) is 2.68. The van der Waals surface area contributed by atoms with Gasteiger partial charge >= 0.3 is 6.18 Å². The summed E-state index contributed by atoms with van der Waals surface area (Å²) in [6.07, 6.45) is -4.55. The molecule has 20 heavy (non-hydrogen) atoms. The Kier molecular flexibility index (Phi) is 3.78. The molecule has 0 radical (unpaired) electrons. The van der Waals surface area contributed by atoms with E-state index in [0.717, 1.165) is 11.8 Å². The Balaban J connectivity index is 2.48. The zero-order valence-corrected chi connectivity index (χ0v) is 10.7.